The highest BCUT2D eigenvalue weighted by Gasteiger charge is 2.53. The van der Waals surface area contributed by atoms with E-state index in [1.54, 1.807) is 10.8 Å². The lowest BCUT2D eigenvalue weighted by molar-refractivity contribution is 0.0949. The fraction of sp³-hybridized carbons (Fsp3) is 0.586. The van der Waals surface area contributed by atoms with Gasteiger partial charge in [0.25, 0.3) is 17.9 Å². The molecule has 0 spiro atoms. The fourth-order valence-electron chi connectivity index (χ4n) is 5.65. The van der Waals surface area contributed by atoms with Crippen molar-refractivity contribution in [2.24, 2.45) is 5.92 Å². The number of pyridine rings is 1. The Morgan fingerprint density at radius 2 is 1.82 bits per heavy atom. The zero-order valence-corrected chi connectivity index (χ0v) is 22.5. The van der Waals surface area contributed by atoms with E-state index in [0.717, 1.165) is 64.1 Å². The first-order chi connectivity index (χ1) is 18.3. The number of halogens is 3. The van der Waals surface area contributed by atoms with Gasteiger partial charge in [-0.1, -0.05) is 38.5 Å². The summed E-state index contributed by atoms with van der Waals surface area (Å²) in [4.78, 5) is 28.8. The van der Waals surface area contributed by atoms with E-state index in [1.807, 2.05) is 13.8 Å². The number of nitrogens with zero attached hydrogens (tertiary/aromatic N) is 2. The summed E-state index contributed by atoms with van der Waals surface area (Å²) >= 11 is 0. The molecule has 1 aliphatic heterocycles. The van der Waals surface area contributed by atoms with Gasteiger partial charge in [-0.25, -0.2) is 13.2 Å². The molecule has 38 heavy (non-hydrogen) atoms. The van der Waals surface area contributed by atoms with Crippen molar-refractivity contribution in [3.05, 3.63) is 63.3 Å². The lowest BCUT2D eigenvalue weighted by atomic mass is 9.77. The third kappa shape index (κ3) is 5.77. The number of benzene rings is 1. The number of hydrogen-bond acceptors (Lipinski definition) is 4. The van der Waals surface area contributed by atoms with Gasteiger partial charge in [-0.2, -0.15) is 0 Å². The molecular formula is C29H39F3N4O2. The van der Waals surface area contributed by atoms with E-state index in [9.17, 15) is 22.8 Å². The Morgan fingerprint density at radius 3 is 2.39 bits per heavy atom. The molecule has 2 saturated carbocycles. The normalized spacial score (nSPS) is 19.3. The maximum Gasteiger partial charge on any atom is 0.266 e. The van der Waals surface area contributed by atoms with Crippen molar-refractivity contribution in [3.63, 3.8) is 0 Å². The van der Waals surface area contributed by atoms with Crippen LogP contribution in [0.25, 0.3) is 0 Å². The van der Waals surface area contributed by atoms with E-state index >= 15 is 0 Å². The highest BCUT2D eigenvalue weighted by molar-refractivity contribution is 5.99. The first-order valence-corrected chi connectivity index (χ1v) is 13.8. The molecule has 2 aliphatic carbocycles. The molecule has 1 saturated heterocycles. The first-order valence-electron chi connectivity index (χ1n) is 13.8. The van der Waals surface area contributed by atoms with E-state index in [1.165, 1.54) is 18.2 Å². The molecule has 5 rings (SSSR count). The highest BCUT2D eigenvalue weighted by Crippen LogP contribution is 2.56. The van der Waals surface area contributed by atoms with Gasteiger partial charge in [0.15, 0.2) is 0 Å². The van der Waals surface area contributed by atoms with Crippen molar-refractivity contribution in [2.75, 3.05) is 25.5 Å². The molecule has 2 heterocycles. The van der Waals surface area contributed by atoms with Gasteiger partial charge in [-0.3, -0.25) is 9.59 Å². The van der Waals surface area contributed by atoms with Crippen molar-refractivity contribution >= 4 is 11.6 Å². The van der Waals surface area contributed by atoms with Gasteiger partial charge in [0.1, 0.15) is 5.82 Å². The molecule has 0 bridgehead atoms. The van der Waals surface area contributed by atoms with Gasteiger partial charge >= 0.3 is 0 Å². The number of nitrogens with one attached hydrogen (secondary N) is 2. The van der Waals surface area contributed by atoms with Crippen molar-refractivity contribution in [1.82, 2.24) is 14.8 Å². The SMILES string of the molecule is CC.CN1CCC(Nc2cc(=O)n(C3(C4CCC4)CC3)cc2C(=O)NCc2cccc(C(F)F)c2F)CC1. The van der Waals surface area contributed by atoms with E-state index in [-0.39, 0.29) is 29.2 Å². The minimum atomic E-state index is -2.93. The predicted molar refractivity (Wildman–Crippen MR) is 143 cm³/mol. The maximum absolute atomic E-state index is 14.5. The summed E-state index contributed by atoms with van der Waals surface area (Å²) in [6.45, 7) is 5.60. The number of likely N-dealkylation sites (tertiary alicyclic amines) is 1. The minimum absolute atomic E-state index is 0.00701. The van der Waals surface area contributed by atoms with E-state index in [0.29, 0.717) is 17.2 Å². The summed E-state index contributed by atoms with van der Waals surface area (Å²) in [7, 11) is 2.06. The van der Waals surface area contributed by atoms with Gasteiger partial charge in [0.2, 0.25) is 0 Å². The molecule has 1 aromatic heterocycles. The number of carbonyl (C=O) groups is 1. The molecular weight excluding hydrogens is 493 g/mol. The van der Waals surface area contributed by atoms with Crippen LogP contribution in [0.2, 0.25) is 0 Å². The third-order valence-corrected chi connectivity index (χ3v) is 8.27. The Labute approximate surface area is 222 Å². The van der Waals surface area contributed by atoms with Crippen LogP contribution in [-0.2, 0) is 12.1 Å². The largest absolute Gasteiger partial charge is 0.381 e. The van der Waals surface area contributed by atoms with Crippen molar-refractivity contribution < 1.29 is 18.0 Å². The average molecular weight is 533 g/mol. The number of alkyl halides is 2. The minimum Gasteiger partial charge on any atom is -0.381 e. The maximum atomic E-state index is 14.5. The monoisotopic (exact) mass is 532 g/mol. The number of piperidine rings is 1. The molecule has 0 radical (unpaired) electrons. The second-order valence-corrected chi connectivity index (χ2v) is 10.6. The molecule has 0 atom stereocenters. The number of aromatic nitrogens is 1. The molecule has 1 aromatic carbocycles. The fourth-order valence-corrected chi connectivity index (χ4v) is 5.65. The Hall–Kier alpha value is -2.81. The van der Waals surface area contributed by atoms with Crippen LogP contribution >= 0.6 is 0 Å². The second-order valence-electron chi connectivity index (χ2n) is 10.6. The van der Waals surface area contributed by atoms with Crippen LogP contribution in [0.15, 0.2) is 35.3 Å². The number of anilines is 1. The van der Waals surface area contributed by atoms with Gasteiger partial charge < -0.3 is 20.1 Å². The molecule has 3 fully saturated rings. The topological polar surface area (TPSA) is 66.4 Å². The van der Waals surface area contributed by atoms with E-state index in [2.05, 4.69) is 22.6 Å². The molecule has 6 nitrogen and oxygen atoms in total. The van der Waals surface area contributed by atoms with Crippen LogP contribution in [0, 0.1) is 11.7 Å². The summed E-state index contributed by atoms with van der Waals surface area (Å²) in [5.74, 6) is -1.03. The van der Waals surface area contributed by atoms with Crippen LogP contribution < -0.4 is 16.2 Å². The third-order valence-electron chi connectivity index (χ3n) is 8.27. The number of hydrogen-bond donors (Lipinski definition) is 2. The Balaban J connectivity index is 0.00000164. The summed E-state index contributed by atoms with van der Waals surface area (Å²) in [5.41, 5.74) is -0.238. The molecule has 2 N–H and O–H groups in total. The summed E-state index contributed by atoms with van der Waals surface area (Å²) < 4.78 is 42.5. The van der Waals surface area contributed by atoms with Crippen molar-refractivity contribution in [3.8, 4) is 0 Å². The van der Waals surface area contributed by atoms with Gasteiger partial charge in [-0.05, 0) is 64.6 Å². The van der Waals surface area contributed by atoms with Crippen LogP contribution in [0.1, 0.15) is 86.7 Å². The van der Waals surface area contributed by atoms with Crippen LogP contribution in [0.5, 0.6) is 0 Å². The quantitative estimate of drug-likeness (QED) is 0.459. The first kappa shape index (κ1) is 28.2. The average Bonchev–Trinajstić information content (AvgIpc) is 3.65. The van der Waals surface area contributed by atoms with Crippen LogP contribution in [0.4, 0.5) is 18.9 Å². The van der Waals surface area contributed by atoms with Crippen molar-refractivity contribution in [1.29, 1.82) is 0 Å². The number of carbonyl (C=O) groups excluding carboxylic acids is 1. The lowest BCUT2D eigenvalue weighted by Crippen LogP contribution is -2.41. The number of amides is 1. The van der Waals surface area contributed by atoms with Crippen LogP contribution in [0.3, 0.4) is 0 Å². The zero-order valence-electron chi connectivity index (χ0n) is 22.5. The number of rotatable bonds is 8. The second kappa shape index (κ2) is 11.9. The predicted octanol–water partition coefficient (Wildman–Crippen LogP) is 5.68. The standard InChI is InChI=1S/C27H33F3N4O2.C2H6/c1-33-12-8-19(9-13-33)32-22-14-23(35)34(27(10-11-27)18-5-3-6-18)16-21(22)26(36)31-15-17-4-2-7-20(24(17)28)25(29)30;1-2/h2,4,7,14,16,18-19,25,32H,3,5-6,8-13,15H2,1H3,(H,31,36);1-2H3. The highest BCUT2D eigenvalue weighted by atomic mass is 19.3. The summed E-state index contributed by atoms with van der Waals surface area (Å²) in [6, 6.07) is 5.43. The Morgan fingerprint density at radius 1 is 1.13 bits per heavy atom. The van der Waals surface area contributed by atoms with E-state index < -0.39 is 23.7 Å². The smallest absolute Gasteiger partial charge is 0.266 e. The summed E-state index contributed by atoms with van der Waals surface area (Å²) in [5, 5.41) is 6.10. The van der Waals surface area contributed by atoms with Gasteiger partial charge in [0.05, 0.1) is 22.4 Å². The Bertz CT molecular complexity index is 1180. The summed E-state index contributed by atoms with van der Waals surface area (Å²) in [6.07, 6.45) is 5.68. The molecule has 9 heteroatoms. The Kier molecular flexibility index (Phi) is 8.85. The van der Waals surface area contributed by atoms with Gasteiger partial charge in [0, 0.05) is 30.4 Å². The zero-order chi connectivity index (χ0) is 27.4. The molecule has 1 amide bonds. The molecule has 3 aliphatic rings. The molecule has 2 aromatic rings. The lowest BCUT2D eigenvalue weighted by Gasteiger charge is -2.36. The van der Waals surface area contributed by atoms with Crippen LogP contribution in [-0.4, -0.2) is 41.6 Å². The van der Waals surface area contributed by atoms with E-state index in [4.69, 9.17) is 0 Å². The molecule has 208 valence electrons. The van der Waals surface area contributed by atoms with Gasteiger partial charge in [-0.15, -0.1) is 0 Å². The molecule has 0 unspecified atom stereocenters. The van der Waals surface area contributed by atoms with Crippen molar-refractivity contribution in [2.45, 2.75) is 83.3 Å².